The standard InChI is InChI=1S/C12H14O3/c1-3-15-12(14)8-9(2)10-4-6-11(13)7-5-10/h4-8,13H,3H2,1-2H3. The van der Waals surface area contributed by atoms with Crippen molar-refractivity contribution in [1.82, 2.24) is 0 Å². The van der Waals surface area contributed by atoms with Gasteiger partial charge in [-0.1, -0.05) is 12.1 Å². The van der Waals surface area contributed by atoms with Gasteiger partial charge >= 0.3 is 5.97 Å². The van der Waals surface area contributed by atoms with E-state index in [4.69, 9.17) is 9.84 Å². The molecule has 15 heavy (non-hydrogen) atoms. The van der Waals surface area contributed by atoms with Crippen LogP contribution in [0, 0.1) is 0 Å². The molecule has 3 nitrogen and oxygen atoms in total. The molecule has 3 heteroatoms. The number of rotatable bonds is 3. The minimum absolute atomic E-state index is 0.211. The van der Waals surface area contributed by atoms with E-state index in [0.717, 1.165) is 11.1 Å². The van der Waals surface area contributed by atoms with Gasteiger partial charge in [0.15, 0.2) is 0 Å². The van der Waals surface area contributed by atoms with Crippen LogP contribution < -0.4 is 0 Å². The smallest absolute Gasteiger partial charge is 0.331 e. The Kier molecular flexibility index (Phi) is 3.92. The number of carbonyl (C=O) groups excluding carboxylic acids is 1. The zero-order valence-electron chi connectivity index (χ0n) is 8.86. The summed E-state index contributed by atoms with van der Waals surface area (Å²) in [6.07, 6.45) is 1.44. The molecule has 1 N–H and O–H groups in total. The molecule has 0 saturated heterocycles. The largest absolute Gasteiger partial charge is 0.508 e. The molecule has 0 aromatic heterocycles. The highest BCUT2D eigenvalue weighted by molar-refractivity contribution is 5.90. The monoisotopic (exact) mass is 206 g/mol. The van der Waals surface area contributed by atoms with Gasteiger partial charge in [0.2, 0.25) is 0 Å². The molecule has 0 fully saturated rings. The summed E-state index contributed by atoms with van der Waals surface area (Å²) in [7, 11) is 0. The summed E-state index contributed by atoms with van der Waals surface area (Å²) >= 11 is 0. The van der Waals surface area contributed by atoms with Crippen LogP contribution in [0.4, 0.5) is 0 Å². The van der Waals surface area contributed by atoms with E-state index in [1.807, 2.05) is 6.92 Å². The van der Waals surface area contributed by atoms with Crippen molar-refractivity contribution < 1.29 is 14.6 Å². The van der Waals surface area contributed by atoms with Crippen molar-refractivity contribution >= 4 is 11.5 Å². The Labute approximate surface area is 89.0 Å². The van der Waals surface area contributed by atoms with Gasteiger partial charge in [-0.05, 0) is 37.1 Å². The van der Waals surface area contributed by atoms with Crippen LogP contribution in [0.1, 0.15) is 19.4 Å². The maximum absolute atomic E-state index is 11.1. The van der Waals surface area contributed by atoms with Gasteiger partial charge in [0.1, 0.15) is 5.75 Å². The Morgan fingerprint density at radius 1 is 1.40 bits per heavy atom. The van der Waals surface area contributed by atoms with E-state index in [2.05, 4.69) is 0 Å². The summed E-state index contributed by atoms with van der Waals surface area (Å²) < 4.78 is 4.79. The minimum atomic E-state index is -0.344. The number of ether oxygens (including phenoxy) is 1. The number of aromatic hydroxyl groups is 1. The molecule has 0 unspecified atom stereocenters. The molecule has 0 aliphatic rings. The van der Waals surface area contributed by atoms with Gasteiger partial charge in [-0.25, -0.2) is 4.79 Å². The molecule has 0 bridgehead atoms. The van der Waals surface area contributed by atoms with E-state index in [1.165, 1.54) is 6.08 Å². The Balaban J connectivity index is 2.79. The topological polar surface area (TPSA) is 46.5 Å². The third-order valence-corrected chi connectivity index (χ3v) is 1.94. The second-order valence-corrected chi connectivity index (χ2v) is 3.13. The van der Waals surface area contributed by atoms with Gasteiger partial charge in [0.25, 0.3) is 0 Å². The maximum atomic E-state index is 11.1. The lowest BCUT2D eigenvalue weighted by Crippen LogP contribution is -2.00. The number of esters is 1. The summed E-state index contributed by atoms with van der Waals surface area (Å²) in [5, 5.41) is 9.09. The van der Waals surface area contributed by atoms with E-state index >= 15 is 0 Å². The van der Waals surface area contributed by atoms with Crippen molar-refractivity contribution in [2.75, 3.05) is 6.61 Å². The molecule has 0 saturated carbocycles. The predicted octanol–water partition coefficient (Wildman–Crippen LogP) is 2.36. The molecule has 0 atom stereocenters. The molecule has 80 valence electrons. The highest BCUT2D eigenvalue weighted by Crippen LogP contribution is 2.17. The zero-order valence-corrected chi connectivity index (χ0v) is 8.86. The van der Waals surface area contributed by atoms with E-state index in [9.17, 15) is 4.79 Å². The summed E-state index contributed by atoms with van der Waals surface area (Å²) in [4.78, 5) is 11.1. The fraction of sp³-hybridized carbons (Fsp3) is 0.250. The molecule has 0 aliphatic heterocycles. The van der Waals surface area contributed by atoms with Gasteiger partial charge < -0.3 is 9.84 Å². The van der Waals surface area contributed by atoms with Crippen LogP contribution in [0.15, 0.2) is 30.3 Å². The van der Waals surface area contributed by atoms with Crippen molar-refractivity contribution in [2.24, 2.45) is 0 Å². The van der Waals surface area contributed by atoms with Crippen molar-refractivity contribution in [3.05, 3.63) is 35.9 Å². The normalized spacial score (nSPS) is 11.2. The molecular weight excluding hydrogens is 192 g/mol. The Bertz CT molecular complexity index is 363. The van der Waals surface area contributed by atoms with Gasteiger partial charge in [-0.3, -0.25) is 0 Å². The number of hydrogen-bond acceptors (Lipinski definition) is 3. The van der Waals surface area contributed by atoms with E-state index in [1.54, 1.807) is 31.2 Å². The van der Waals surface area contributed by atoms with Crippen LogP contribution >= 0.6 is 0 Å². The number of benzene rings is 1. The summed E-state index contributed by atoms with van der Waals surface area (Å²) in [6, 6.07) is 6.66. The van der Waals surface area contributed by atoms with Gasteiger partial charge in [-0.15, -0.1) is 0 Å². The highest BCUT2D eigenvalue weighted by atomic mass is 16.5. The van der Waals surface area contributed by atoms with E-state index < -0.39 is 0 Å². The van der Waals surface area contributed by atoms with Crippen LogP contribution in [-0.2, 0) is 9.53 Å². The van der Waals surface area contributed by atoms with Crippen LogP contribution in [0.3, 0.4) is 0 Å². The van der Waals surface area contributed by atoms with Crippen molar-refractivity contribution in [3.63, 3.8) is 0 Å². The first kappa shape index (κ1) is 11.3. The number of carbonyl (C=O) groups is 1. The molecule has 1 aromatic carbocycles. The lowest BCUT2D eigenvalue weighted by Gasteiger charge is -2.02. The third kappa shape index (κ3) is 3.46. The second-order valence-electron chi connectivity index (χ2n) is 3.13. The first-order valence-corrected chi connectivity index (χ1v) is 4.78. The van der Waals surface area contributed by atoms with Gasteiger partial charge in [-0.2, -0.15) is 0 Å². The Morgan fingerprint density at radius 2 is 2.00 bits per heavy atom. The average Bonchev–Trinajstić information content (AvgIpc) is 2.18. The quantitative estimate of drug-likeness (QED) is 0.610. The molecule has 0 spiro atoms. The van der Waals surface area contributed by atoms with Crippen LogP contribution in [-0.4, -0.2) is 17.7 Å². The Morgan fingerprint density at radius 3 is 2.53 bits per heavy atom. The molecule has 0 radical (unpaired) electrons. The molecule has 1 aromatic rings. The van der Waals surface area contributed by atoms with Crippen molar-refractivity contribution in [3.8, 4) is 5.75 Å². The second kappa shape index (κ2) is 5.20. The van der Waals surface area contributed by atoms with Crippen molar-refractivity contribution in [2.45, 2.75) is 13.8 Å². The molecule has 0 aliphatic carbocycles. The van der Waals surface area contributed by atoms with Gasteiger partial charge in [0, 0.05) is 6.08 Å². The number of phenols is 1. The fourth-order valence-electron chi connectivity index (χ4n) is 1.17. The SMILES string of the molecule is CCOC(=O)C=C(C)c1ccc(O)cc1. The first-order chi connectivity index (χ1) is 7.13. The fourth-order valence-corrected chi connectivity index (χ4v) is 1.17. The predicted molar refractivity (Wildman–Crippen MR) is 58.4 cm³/mol. The number of allylic oxidation sites excluding steroid dienone is 1. The van der Waals surface area contributed by atoms with Crippen molar-refractivity contribution in [1.29, 1.82) is 0 Å². The molecule has 1 rings (SSSR count). The maximum Gasteiger partial charge on any atom is 0.331 e. The Hall–Kier alpha value is -1.77. The average molecular weight is 206 g/mol. The summed E-state index contributed by atoms with van der Waals surface area (Å²) in [5.41, 5.74) is 1.70. The molecule has 0 amide bonds. The lowest BCUT2D eigenvalue weighted by molar-refractivity contribution is -0.137. The molecule has 0 heterocycles. The lowest BCUT2D eigenvalue weighted by atomic mass is 10.1. The molecular formula is C12H14O3. The van der Waals surface area contributed by atoms with E-state index in [-0.39, 0.29) is 11.7 Å². The van der Waals surface area contributed by atoms with Crippen LogP contribution in [0.2, 0.25) is 0 Å². The summed E-state index contributed by atoms with van der Waals surface area (Å²) in [6.45, 7) is 3.96. The zero-order chi connectivity index (χ0) is 11.3. The number of hydrogen-bond donors (Lipinski definition) is 1. The van der Waals surface area contributed by atoms with E-state index in [0.29, 0.717) is 6.61 Å². The highest BCUT2D eigenvalue weighted by Gasteiger charge is 2.00. The van der Waals surface area contributed by atoms with Crippen LogP contribution in [0.5, 0.6) is 5.75 Å². The number of phenolic OH excluding ortho intramolecular Hbond substituents is 1. The first-order valence-electron chi connectivity index (χ1n) is 4.78. The third-order valence-electron chi connectivity index (χ3n) is 1.94. The minimum Gasteiger partial charge on any atom is -0.508 e. The van der Waals surface area contributed by atoms with Gasteiger partial charge in [0.05, 0.1) is 6.61 Å². The summed E-state index contributed by atoms with van der Waals surface area (Å²) in [5.74, 6) is -0.134. The van der Waals surface area contributed by atoms with Crippen LogP contribution in [0.25, 0.3) is 5.57 Å².